The van der Waals surface area contributed by atoms with Crippen molar-refractivity contribution < 1.29 is 23.9 Å². The quantitative estimate of drug-likeness (QED) is 0.482. The summed E-state index contributed by atoms with van der Waals surface area (Å²) in [7, 11) is 0. The number of esters is 2. The molecule has 0 saturated heterocycles. The van der Waals surface area contributed by atoms with Crippen molar-refractivity contribution in [1.82, 2.24) is 0 Å². The van der Waals surface area contributed by atoms with E-state index in [2.05, 4.69) is 20.8 Å². The maximum Gasteiger partial charge on any atom is 0.333 e. The van der Waals surface area contributed by atoms with Crippen LogP contribution in [0.25, 0.3) is 0 Å². The third kappa shape index (κ3) is 3.34. The number of hydrogen-bond acceptors (Lipinski definition) is 5. The minimum Gasteiger partial charge on any atom is -0.462 e. The van der Waals surface area contributed by atoms with Gasteiger partial charge in [-0.3, -0.25) is 9.59 Å². The summed E-state index contributed by atoms with van der Waals surface area (Å²) >= 11 is 0. The molecule has 166 valence electrons. The third-order valence-electron chi connectivity index (χ3n) is 7.89. The molecule has 4 rings (SSSR count). The minimum absolute atomic E-state index is 0.0671. The summed E-state index contributed by atoms with van der Waals surface area (Å²) in [6.45, 7) is 15.8. The maximum atomic E-state index is 13.1. The summed E-state index contributed by atoms with van der Waals surface area (Å²) < 4.78 is 12.0. The van der Waals surface area contributed by atoms with Gasteiger partial charge in [0.2, 0.25) is 0 Å². The summed E-state index contributed by atoms with van der Waals surface area (Å²) in [6, 6.07) is 0. The fourth-order valence-corrected chi connectivity index (χ4v) is 6.18. The van der Waals surface area contributed by atoms with Gasteiger partial charge < -0.3 is 9.47 Å². The fraction of sp³-hybridized carbons (Fsp3) is 0.720. The molecule has 3 fully saturated rings. The first-order valence-electron chi connectivity index (χ1n) is 11.1. The molecule has 5 heteroatoms. The van der Waals surface area contributed by atoms with Crippen molar-refractivity contribution in [2.24, 2.45) is 34.5 Å². The van der Waals surface area contributed by atoms with Crippen molar-refractivity contribution in [1.29, 1.82) is 0 Å². The van der Waals surface area contributed by atoms with Crippen molar-refractivity contribution in [3.8, 4) is 0 Å². The Labute approximate surface area is 180 Å². The Bertz CT molecular complexity index is 817. The molecule has 4 aliphatic rings. The first-order valence-corrected chi connectivity index (χ1v) is 11.1. The number of ketones is 1. The zero-order valence-electron chi connectivity index (χ0n) is 19.6. The molecule has 0 unspecified atom stereocenters. The Balaban J connectivity index is 2.02. The second-order valence-corrected chi connectivity index (χ2v) is 10.6. The molecule has 0 aromatic rings. The lowest BCUT2D eigenvalue weighted by atomic mass is 9.37. The van der Waals surface area contributed by atoms with E-state index >= 15 is 0 Å². The number of carbonyl (C=O) groups is 3. The summed E-state index contributed by atoms with van der Waals surface area (Å²) in [5.74, 6) is -0.315. The second-order valence-electron chi connectivity index (χ2n) is 10.6. The van der Waals surface area contributed by atoms with E-state index in [1.165, 1.54) is 0 Å². The van der Waals surface area contributed by atoms with Gasteiger partial charge >= 0.3 is 11.9 Å². The number of carbonyl (C=O) groups excluding carboxylic acids is 3. The molecule has 0 aromatic heterocycles. The van der Waals surface area contributed by atoms with Gasteiger partial charge in [0.15, 0.2) is 5.78 Å². The topological polar surface area (TPSA) is 69.7 Å². The van der Waals surface area contributed by atoms with Crippen LogP contribution in [0.4, 0.5) is 0 Å². The summed E-state index contributed by atoms with van der Waals surface area (Å²) in [6.07, 6.45) is 3.34. The van der Waals surface area contributed by atoms with Crippen molar-refractivity contribution >= 4 is 17.7 Å². The number of fused-ring (bicyclic) bond motifs is 3. The molecule has 0 amide bonds. The largest absolute Gasteiger partial charge is 0.462 e. The van der Waals surface area contributed by atoms with Crippen LogP contribution in [0, 0.1) is 34.5 Å². The zero-order chi connectivity index (χ0) is 22.6. The van der Waals surface area contributed by atoms with Gasteiger partial charge in [0.05, 0.1) is 0 Å². The summed E-state index contributed by atoms with van der Waals surface area (Å²) in [5, 5.41) is 0. The van der Waals surface area contributed by atoms with Crippen molar-refractivity contribution in [3.63, 3.8) is 0 Å². The van der Waals surface area contributed by atoms with Crippen LogP contribution in [0.2, 0.25) is 0 Å². The zero-order valence-corrected chi connectivity index (χ0v) is 19.6. The highest BCUT2D eigenvalue weighted by Gasteiger charge is 2.74. The van der Waals surface area contributed by atoms with Crippen LogP contribution < -0.4 is 0 Å². The summed E-state index contributed by atoms with van der Waals surface area (Å²) in [4.78, 5) is 38.3. The number of hydrogen-bond donors (Lipinski definition) is 0. The number of allylic oxidation sites excluding steroid dienone is 3. The van der Waals surface area contributed by atoms with Crippen LogP contribution in [0.15, 0.2) is 23.3 Å². The highest BCUT2D eigenvalue weighted by molar-refractivity contribution is 5.97. The van der Waals surface area contributed by atoms with E-state index in [1.807, 2.05) is 20.8 Å². The van der Waals surface area contributed by atoms with Crippen molar-refractivity contribution in [2.75, 3.05) is 0 Å². The van der Waals surface area contributed by atoms with Gasteiger partial charge in [0, 0.05) is 35.2 Å². The first-order chi connectivity index (χ1) is 13.8. The van der Waals surface area contributed by atoms with E-state index in [4.69, 9.17) is 9.47 Å². The minimum atomic E-state index is -0.465. The standard InChI is InChI=1S/C25H36O5/c1-9-14(4)23(28)30-17-12-18(29-19(27)10-13(2)3)25(8)20-15(5)11-16(26)21(25)22(20)24(17,6)7/h9,11,13,17-18,20-22H,10,12H2,1-8H3/b14-9-/t17-,18-,20+,21-,22+,25-/m1/s1. The highest BCUT2D eigenvalue weighted by Crippen LogP contribution is 2.72. The molecule has 6 atom stereocenters. The predicted octanol–water partition coefficient (Wildman–Crippen LogP) is 4.65. The van der Waals surface area contributed by atoms with E-state index in [9.17, 15) is 14.4 Å². The lowest BCUT2D eigenvalue weighted by molar-refractivity contribution is -0.204. The normalized spacial score (nSPS) is 37.1. The first kappa shape index (κ1) is 22.8. The molecule has 30 heavy (non-hydrogen) atoms. The Morgan fingerprint density at radius 1 is 1.17 bits per heavy atom. The maximum absolute atomic E-state index is 13.1. The average molecular weight is 417 g/mol. The van der Waals surface area contributed by atoms with Crippen molar-refractivity contribution in [2.45, 2.75) is 80.4 Å². The molecule has 0 heterocycles. The van der Waals surface area contributed by atoms with Crippen molar-refractivity contribution in [3.05, 3.63) is 23.3 Å². The summed E-state index contributed by atoms with van der Waals surface area (Å²) in [5.41, 5.74) is 0.725. The van der Waals surface area contributed by atoms with Crippen LogP contribution in [0.1, 0.15) is 68.2 Å². The van der Waals surface area contributed by atoms with E-state index in [1.54, 1.807) is 26.0 Å². The Morgan fingerprint density at radius 2 is 1.80 bits per heavy atom. The smallest absolute Gasteiger partial charge is 0.333 e. The Kier molecular flexibility index (Phi) is 5.81. The van der Waals surface area contributed by atoms with Gasteiger partial charge in [-0.25, -0.2) is 4.79 Å². The molecule has 4 aliphatic carbocycles. The van der Waals surface area contributed by atoms with Crippen LogP contribution in [0.5, 0.6) is 0 Å². The van der Waals surface area contributed by atoms with Crippen LogP contribution >= 0.6 is 0 Å². The lowest BCUT2D eigenvalue weighted by Gasteiger charge is -2.65. The molecule has 0 aliphatic heterocycles. The highest BCUT2D eigenvalue weighted by atomic mass is 16.6. The van der Waals surface area contributed by atoms with Crippen LogP contribution in [-0.4, -0.2) is 29.9 Å². The molecular formula is C25H36O5. The Hall–Kier alpha value is -1.91. The van der Waals surface area contributed by atoms with Gasteiger partial charge in [-0.05, 0) is 44.6 Å². The second kappa shape index (κ2) is 7.65. The number of rotatable bonds is 5. The lowest BCUT2D eigenvalue weighted by Crippen LogP contribution is -2.67. The molecular weight excluding hydrogens is 380 g/mol. The SMILES string of the molecule is C/C=C(/C)C(=O)O[C@@H]1C[C@@H](OC(=O)CC(C)C)[C@@]2(C)[C@@H]3C(=O)C=C(C)[C@H]2[C@@H]3C1(C)C. The van der Waals surface area contributed by atoms with E-state index in [0.717, 1.165) is 5.57 Å². The number of ether oxygens (including phenoxy) is 2. The van der Waals surface area contributed by atoms with E-state index in [-0.39, 0.29) is 41.4 Å². The monoisotopic (exact) mass is 416 g/mol. The van der Waals surface area contributed by atoms with E-state index < -0.39 is 23.0 Å². The molecule has 0 radical (unpaired) electrons. The predicted molar refractivity (Wildman–Crippen MR) is 114 cm³/mol. The Morgan fingerprint density at radius 3 is 2.33 bits per heavy atom. The van der Waals surface area contributed by atoms with Gasteiger partial charge in [0.25, 0.3) is 0 Å². The molecule has 3 saturated carbocycles. The molecule has 0 N–H and O–H groups in total. The molecule has 5 nitrogen and oxygen atoms in total. The van der Waals surface area contributed by atoms with E-state index in [0.29, 0.717) is 18.4 Å². The van der Waals surface area contributed by atoms with Gasteiger partial charge in [-0.1, -0.05) is 46.3 Å². The molecule has 4 bridgehead atoms. The van der Waals surface area contributed by atoms with Gasteiger partial charge in [0.1, 0.15) is 12.2 Å². The van der Waals surface area contributed by atoms with Gasteiger partial charge in [-0.15, -0.1) is 0 Å². The average Bonchev–Trinajstić information content (AvgIpc) is 2.72. The third-order valence-corrected chi connectivity index (χ3v) is 7.89. The van der Waals surface area contributed by atoms with Crippen LogP contribution in [-0.2, 0) is 23.9 Å². The molecule has 0 spiro atoms. The van der Waals surface area contributed by atoms with Gasteiger partial charge in [-0.2, -0.15) is 0 Å². The fourth-order valence-electron chi connectivity index (χ4n) is 6.18. The molecule has 0 aromatic carbocycles. The van der Waals surface area contributed by atoms with Crippen LogP contribution in [0.3, 0.4) is 0 Å².